The number of hydrogen-bond acceptors (Lipinski definition) is 5. The fourth-order valence-electron chi connectivity index (χ4n) is 4.33. The van der Waals surface area contributed by atoms with Crippen molar-refractivity contribution < 1.29 is 19.4 Å². The average Bonchev–Trinajstić information content (AvgIpc) is 2.70. The molecule has 0 spiro atoms. The van der Waals surface area contributed by atoms with E-state index in [4.69, 9.17) is 4.74 Å². The van der Waals surface area contributed by atoms with Gasteiger partial charge in [0.15, 0.2) is 11.0 Å². The number of ketones is 1. The molecule has 1 fully saturated rings. The average molecular weight is 455 g/mol. The number of phenolic OH excluding ortho intramolecular Hbond substituents is 1. The molecular formula is C27H34O4S. The number of aryl methyl sites for hydroxylation is 2. The van der Waals surface area contributed by atoms with Crippen molar-refractivity contribution in [2.45, 2.75) is 87.9 Å². The van der Waals surface area contributed by atoms with E-state index in [2.05, 4.69) is 39.0 Å². The summed E-state index contributed by atoms with van der Waals surface area (Å²) < 4.78 is 6.04. The Bertz CT molecular complexity index is 954. The predicted octanol–water partition coefficient (Wildman–Crippen LogP) is 6.15. The summed E-state index contributed by atoms with van der Waals surface area (Å²) in [6, 6.07) is 13.3. The molecule has 4 nitrogen and oxygen atoms in total. The smallest absolute Gasteiger partial charge is 0.327 e. The highest BCUT2D eigenvalue weighted by Gasteiger charge is 2.46. The number of carbonyl (C=O) groups is 2. The predicted molar refractivity (Wildman–Crippen MR) is 129 cm³/mol. The summed E-state index contributed by atoms with van der Waals surface area (Å²) in [4.78, 5) is 27.3. The molecule has 172 valence electrons. The third kappa shape index (κ3) is 5.74. The number of esters is 1. The van der Waals surface area contributed by atoms with Gasteiger partial charge < -0.3 is 9.84 Å². The molecule has 0 radical (unpaired) electrons. The molecule has 0 aromatic heterocycles. The minimum absolute atomic E-state index is 0.0493. The van der Waals surface area contributed by atoms with Gasteiger partial charge in [-0.15, -0.1) is 11.8 Å². The first-order valence-corrected chi connectivity index (χ1v) is 12.2. The summed E-state index contributed by atoms with van der Waals surface area (Å²) in [5.74, 6) is -0.250. The number of thioether (sulfide) groups is 1. The third-order valence-corrected chi connectivity index (χ3v) is 7.30. The summed E-state index contributed by atoms with van der Waals surface area (Å²) in [6.07, 6.45) is 3.03. The van der Waals surface area contributed by atoms with Crippen molar-refractivity contribution >= 4 is 23.5 Å². The normalized spacial score (nSPS) is 21.5. The maximum Gasteiger partial charge on any atom is 0.327 e. The fourth-order valence-corrected chi connectivity index (χ4v) is 5.69. The zero-order valence-electron chi connectivity index (χ0n) is 19.7. The highest BCUT2D eigenvalue weighted by atomic mass is 32.2. The largest absolute Gasteiger partial charge is 0.508 e. The molecule has 1 heterocycles. The molecule has 0 bridgehead atoms. The molecule has 2 aromatic rings. The van der Waals surface area contributed by atoms with Gasteiger partial charge in [-0.3, -0.25) is 9.59 Å². The minimum Gasteiger partial charge on any atom is -0.508 e. The molecule has 1 saturated heterocycles. The second-order valence-corrected chi connectivity index (χ2v) is 11.1. The quantitative estimate of drug-likeness (QED) is 0.402. The third-order valence-electron chi connectivity index (χ3n) is 6.02. The molecule has 0 amide bonds. The van der Waals surface area contributed by atoms with Gasteiger partial charge in [-0.2, -0.15) is 0 Å². The van der Waals surface area contributed by atoms with E-state index in [1.807, 2.05) is 26.0 Å². The number of phenols is 1. The van der Waals surface area contributed by atoms with E-state index >= 15 is 0 Å². The molecule has 0 aliphatic carbocycles. The van der Waals surface area contributed by atoms with Crippen molar-refractivity contribution in [3.8, 4) is 5.75 Å². The Balaban J connectivity index is 1.79. The lowest BCUT2D eigenvalue weighted by molar-refractivity contribution is -0.171. The number of rotatable bonds is 7. The van der Waals surface area contributed by atoms with Crippen LogP contribution in [0.4, 0.5) is 0 Å². The van der Waals surface area contributed by atoms with Crippen LogP contribution in [0.3, 0.4) is 0 Å². The van der Waals surface area contributed by atoms with Crippen LogP contribution in [-0.4, -0.2) is 27.7 Å². The Morgan fingerprint density at radius 2 is 1.78 bits per heavy atom. The van der Waals surface area contributed by atoms with Gasteiger partial charge in [0.2, 0.25) is 0 Å². The minimum atomic E-state index is -0.823. The van der Waals surface area contributed by atoms with Gasteiger partial charge in [-0.25, -0.2) is 0 Å². The standard InChI is InChI=1S/C27H34O4S/c1-6-14-27(15-13-19-8-10-20(28)11-9-19)17-22(29)24(25(30)31-27)32-23-16-18(2)7-12-21(23)26(3,4)5/h7-12,16,24,28H,6,13-15,17H2,1-5H3. The van der Waals surface area contributed by atoms with E-state index in [0.717, 1.165) is 28.0 Å². The highest BCUT2D eigenvalue weighted by molar-refractivity contribution is 8.01. The number of ether oxygens (including phenoxy) is 1. The first kappa shape index (κ1) is 24.4. The maximum absolute atomic E-state index is 13.2. The van der Waals surface area contributed by atoms with E-state index in [1.54, 1.807) is 12.1 Å². The van der Waals surface area contributed by atoms with Gasteiger partial charge >= 0.3 is 5.97 Å². The van der Waals surface area contributed by atoms with Gasteiger partial charge in [0.25, 0.3) is 0 Å². The van der Waals surface area contributed by atoms with Gasteiger partial charge in [0, 0.05) is 11.3 Å². The second kappa shape index (κ2) is 9.70. The first-order valence-electron chi connectivity index (χ1n) is 11.3. The van der Waals surface area contributed by atoms with E-state index in [0.29, 0.717) is 19.3 Å². The van der Waals surface area contributed by atoms with Crippen LogP contribution in [0.2, 0.25) is 0 Å². The van der Waals surface area contributed by atoms with Crippen molar-refractivity contribution in [1.29, 1.82) is 0 Å². The molecule has 0 saturated carbocycles. The molecule has 2 unspecified atom stereocenters. The summed E-state index contributed by atoms with van der Waals surface area (Å²) in [5, 5.41) is 8.68. The summed E-state index contributed by atoms with van der Waals surface area (Å²) in [5.41, 5.74) is 2.44. The van der Waals surface area contributed by atoms with E-state index in [9.17, 15) is 14.7 Å². The summed E-state index contributed by atoms with van der Waals surface area (Å²) in [6.45, 7) is 10.5. The number of benzene rings is 2. The molecule has 5 heteroatoms. The van der Waals surface area contributed by atoms with Crippen LogP contribution in [0.15, 0.2) is 47.4 Å². The van der Waals surface area contributed by atoms with Crippen molar-refractivity contribution in [3.63, 3.8) is 0 Å². The van der Waals surface area contributed by atoms with Crippen LogP contribution in [0.25, 0.3) is 0 Å². The molecule has 1 N–H and O–H groups in total. The van der Waals surface area contributed by atoms with Gasteiger partial charge in [-0.1, -0.05) is 58.4 Å². The second-order valence-electron chi connectivity index (χ2n) is 9.91. The Morgan fingerprint density at radius 3 is 2.38 bits per heavy atom. The molecule has 1 aliphatic heterocycles. The zero-order chi connectivity index (χ0) is 23.5. The number of carbonyl (C=O) groups excluding carboxylic acids is 2. The topological polar surface area (TPSA) is 63.6 Å². The number of Topliss-reactive ketones (excluding diaryl/α,β-unsaturated/α-hetero) is 1. The summed E-state index contributed by atoms with van der Waals surface area (Å²) in [7, 11) is 0. The van der Waals surface area contributed by atoms with Gasteiger partial charge in [0.1, 0.15) is 11.4 Å². The van der Waals surface area contributed by atoms with Crippen LogP contribution in [-0.2, 0) is 26.2 Å². The number of hydrogen-bond donors (Lipinski definition) is 1. The van der Waals surface area contributed by atoms with Crippen LogP contribution >= 0.6 is 11.8 Å². The lowest BCUT2D eigenvalue weighted by Crippen LogP contribution is -2.49. The molecule has 1 aliphatic rings. The highest BCUT2D eigenvalue weighted by Crippen LogP contribution is 2.41. The van der Waals surface area contributed by atoms with Crippen LogP contribution in [0, 0.1) is 6.92 Å². The number of cyclic esters (lactones) is 1. The monoisotopic (exact) mass is 454 g/mol. The molecule has 32 heavy (non-hydrogen) atoms. The Morgan fingerprint density at radius 1 is 1.09 bits per heavy atom. The molecule has 3 rings (SSSR count). The van der Waals surface area contributed by atoms with Crippen molar-refractivity contribution in [2.24, 2.45) is 0 Å². The first-order chi connectivity index (χ1) is 15.0. The SMILES string of the molecule is CCCC1(CCc2ccc(O)cc2)CC(=O)C(Sc2cc(C)ccc2C(C)(C)C)C(=O)O1. The van der Waals surface area contributed by atoms with Crippen molar-refractivity contribution in [2.75, 3.05) is 0 Å². The lowest BCUT2D eigenvalue weighted by atomic mass is 9.83. The molecule has 2 aromatic carbocycles. The van der Waals surface area contributed by atoms with Crippen LogP contribution in [0.1, 0.15) is 70.1 Å². The van der Waals surface area contributed by atoms with E-state index in [-0.39, 0.29) is 23.4 Å². The molecular weight excluding hydrogens is 420 g/mol. The van der Waals surface area contributed by atoms with Crippen molar-refractivity contribution in [3.05, 3.63) is 59.2 Å². The fraction of sp³-hybridized carbons (Fsp3) is 0.481. The Hall–Kier alpha value is -2.27. The van der Waals surface area contributed by atoms with Crippen LogP contribution in [0.5, 0.6) is 5.75 Å². The lowest BCUT2D eigenvalue weighted by Gasteiger charge is -2.39. The van der Waals surface area contributed by atoms with E-state index < -0.39 is 16.8 Å². The maximum atomic E-state index is 13.2. The van der Waals surface area contributed by atoms with Gasteiger partial charge in [-0.05, 0) is 66.5 Å². The van der Waals surface area contributed by atoms with Crippen molar-refractivity contribution in [1.82, 2.24) is 0 Å². The Kier molecular flexibility index (Phi) is 7.39. The Labute approximate surface area is 195 Å². The van der Waals surface area contributed by atoms with E-state index in [1.165, 1.54) is 11.8 Å². The molecule has 2 atom stereocenters. The number of aromatic hydroxyl groups is 1. The van der Waals surface area contributed by atoms with Crippen LogP contribution < -0.4 is 0 Å². The summed E-state index contributed by atoms with van der Waals surface area (Å²) >= 11 is 1.33. The zero-order valence-corrected chi connectivity index (χ0v) is 20.6. The van der Waals surface area contributed by atoms with Gasteiger partial charge in [0.05, 0.1) is 0 Å².